The molecule has 0 unspecified atom stereocenters. The van der Waals surface area contributed by atoms with Gasteiger partial charge in [0, 0.05) is 16.3 Å². The Morgan fingerprint density at radius 2 is 1.95 bits per heavy atom. The van der Waals surface area contributed by atoms with Crippen molar-refractivity contribution in [3.05, 3.63) is 53.1 Å². The molecule has 1 amide bonds. The van der Waals surface area contributed by atoms with Crippen LogP contribution in [0.5, 0.6) is 5.75 Å². The monoisotopic (exact) mass is 304 g/mol. The van der Waals surface area contributed by atoms with Gasteiger partial charge in [0.1, 0.15) is 5.75 Å². The molecule has 0 spiro atoms. The van der Waals surface area contributed by atoms with Crippen LogP contribution in [0.3, 0.4) is 0 Å². The van der Waals surface area contributed by atoms with Crippen molar-refractivity contribution in [3.63, 3.8) is 0 Å². The molecule has 0 radical (unpaired) electrons. The predicted octanol–water partition coefficient (Wildman–Crippen LogP) is 3.96. The number of anilines is 2. The van der Waals surface area contributed by atoms with Gasteiger partial charge in [-0.05, 0) is 44.2 Å². The van der Waals surface area contributed by atoms with E-state index in [4.69, 9.17) is 22.1 Å². The van der Waals surface area contributed by atoms with E-state index in [1.54, 1.807) is 24.3 Å². The Balaban J connectivity index is 2.23. The van der Waals surface area contributed by atoms with E-state index in [1.807, 2.05) is 32.0 Å². The number of rotatable bonds is 4. The molecule has 3 N–H and O–H groups in total. The van der Waals surface area contributed by atoms with Crippen LogP contribution in [0.2, 0.25) is 5.02 Å². The first kappa shape index (κ1) is 15.2. The fourth-order valence-electron chi connectivity index (χ4n) is 1.86. The van der Waals surface area contributed by atoms with Crippen LogP contribution in [-0.2, 0) is 0 Å². The number of benzene rings is 2. The van der Waals surface area contributed by atoms with Crippen molar-refractivity contribution in [3.8, 4) is 5.75 Å². The van der Waals surface area contributed by atoms with Crippen LogP contribution < -0.4 is 15.8 Å². The molecule has 0 aliphatic heterocycles. The zero-order valence-electron chi connectivity index (χ0n) is 11.9. The molecule has 0 fully saturated rings. The molecule has 0 atom stereocenters. The van der Waals surface area contributed by atoms with Crippen molar-refractivity contribution >= 4 is 28.9 Å². The SMILES string of the molecule is CC(C)Oc1ccccc1NC(=O)c1cc(N)cc(Cl)c1. The molecule has 0 heterocycles. The van der Waals surface area contributed by atoms with Crippen LogP contribution >= 0.6 is 11.6 Å². The highest BCUT2D eigenvalue weighted by atomic mass is 35.5. The Labute approximate surface area is 128 Å². The summed E-state index contributed by atoms with van der Waals surface area (Å²) in [5.41, 5.74) is 7.15. The zero-order chi connectivity index (χ0) is 15.4. The molecule has 21 heavy (non-hydrogen) atoms. The molecule has 0 saturated heterocycles. The molecule has 0 aromatic heterocycles. The summed E-state index contributed by atoms with van der Waals surface area (Å²) in [4.78, 5) is 12.3. The molecule has 2 aromatic rings. The number of para-hydroxylation sites is 2. The molecule has 110 valence electrons. The van der Waals surface area contributed by atoms with Crippen molar-refractivity contribution in [1.82, 2.24) is 0 Å². The molecular formula is C16H17ClN2O2. The van der Waals surface area contributed by atoms with Crippen LogP contribution in [0.25, 0.3) is 0 Å². The maximum Gasteiger partial charge on any atom is 0.255 e. The molecule has 5 heteroatoms. The number of nitrogens with two attached hydrogens (primary N) is 1. The van der Waals surface area contributed by atoms with E-state index in [9.17, 15) is 4.79 Å². The number of carbonyl (C=O) groups is 1. The largest absolute Gasteiger partial charge is 0.489 e. The van der Waals surface area contributed by atoms with E-state index in [0.717, 1.165) is 0 Å². The molecular weight excluding hydrogens is 288 g/mol. The van der Waals surface area contributed by atoms with Gasteiger partial charge in [-0.3, -0.25) is 4.79 Å². The van der Waals surface area contributed by atoms with E-state index >= 15 is 0 Å². The van der Waals surface area contributed by atoms with Gasteiger partial charge in [0.2, 0.25) is 0 Å². The Kier molecular flexibility index (Phi) is 4.70. The first-order valence-electron chi connectivity index (χ1n) is 6.59. The van der Waals surface area contributed by atoms with Crippen molar-refractivity contribution < 1.29 is 9.53 Å². The number of hydrogen-bond donors (Lipinski definition) is 2. The van der Waals surface area contributed by atoms with E-state index in [0.29, 0.717) is 27.7 Å². The lowest BCUT2D eigenvalue weighted by atomic mass is 10.2. The fourth-order valence-corrected chi connectivity index (χ4v) is 2.11. The molecule has 0 saturated carbocycles. The predicted molar refractivity (Wildman–Crippen MR) is 86.0 cm³/mol. The quantitative estimate of drug-likeness (QED) is 0.840. The summed E-state index contributed by atoms with van der Waals surface area (Å²) in [6.45, 7) is 3.85. The van der Waals surface area contributed by atoms with Gasteiger partial charge in [0.25, 0.3) is 5.91 Å². The lowest BCUT2D eigenvalue weighted by Gasteiger charge is -2.15. The third kappa shape index (κ3) is 4.13. The minimum Gasteiger partial charge on any atom is -0.489 e. The highest BCUT2D eigenvalue weighted by molar-refractivity contribution is 6.31. The highest BCUT2D eigenvalue weighted by Gasteiger charge is 2.11. The highest BCUT2D eigenvalue weighted by Crippen LogP contribution is 2.26. The molecule has 0 aliphatic carbocycles. The summed E-state index contributed by atoms with van der Waals surface area (Å²) in [7, 11) is 0. The third-order valence-corrected chi connectivity index (χ3v) is 2.90. The standard InChI is InChI=1S/C16H17ClN2O2/c1-10(2)21-15-6-4-3-5-14(15)19-16(20)11-7-12(17)9-13(18)8-11/h3-10H,18H2,1-2H3,(H,19,20). The normalized spacial score (nSPS) is 10.5. The Morgan fingerprint density at radius 3 is 2.62 bits per heavy atom. The van der Waals surface area contributed by atoms with Crippen LogP contribution in [0.15, 0.2) is 42.5 Å². The van der Waals surface area contributed by atoms with Gasteiger partial charge in [-0.25, -0.2) is 0 Å². The zero-order valence-corrected chi connectivity index (χ0v) is 12.6. The minimum absolute atomic E-state index is 0.0184. The van der Waals surface area contributed by atoms with Crippen LogP contribution in [0.4, 0.5) is 11.4 Å². The fraction of sp³-hybridized carbons (Fsp3) is 0.188. The first-order valence-corrected chi connectivity index (χ1v) is 6.96. The second kappa shape index (κ2) is 6.50. The van der Waals surface area contributed by atoms with Crippen LogP contribution in [0.1, 0.15) is 24.2 Å². The number of nitrogens with one attached hydrogen (secondary N) is 1. The summed E-state index contributed by atoms with van der Waals surface area (Å²) in [6, 6.07) is 12.0. The van der Waals surface area contributed by atoms with Gasteiger partial charge in [-0.15, -0.1) is 0 Å². The van der Waals surface area contributed by atoms with Crippen molar-refractivity contribution in [1.29, 1.82) is 0 Å². The molecule has 0 bridgehead atoms. The lowest BCUT2D eigenvalue weighted by molar-refractivity contribution is 0.102. The van der Waals surface area contributed by atoms with Gasteiger partial charge in [0.05, 0.1) is 11.8 Å². The number of ether oxygens (including phenoxy) is 1. The summed E-state index contributed by atoms with van der Waals surface area (Å²) < 4.78 is 5.66. The molecule has 0 aliphatic rings. The van der Waals surface area contributed by atoms with Crippen molar-refractivity contribution in [2.75, 3.05) is 11.1 Å². The average molecular weight is 305 g/mol. The van der Waals surface area contributed by atoms with E-state index in [-0.39, 0.29) is 12.0 Å². The lowest BCUT2D eigenvalue weighted by Crippen LogP contribution is -2.14. The second-order valence-corrected chi connectivity index (χ2v) is 5.33. The Hall–Kier alpha value is -2.20. The Morgan fingerprint density at radius 1 is 1.24 bits per heavy atom. The average Bonchev–Trinajstić information content (AvgIpc) is 2.39. The number of halogens is 1. The summed E-state index contributed by atoms with van der Waals surface area (Å²) in [5.74, 6) is 0.333. The summed E-state index contributed by atoms with van der Waals surface area (Å²) in [6.07, 6.45) is 0.0184. The minimum atomic E-state index is -0.288. The number of amides is 1. The van der Waals surface area contributed by atoms with Crippen molar-refractivity contribution in [2.45, 2.75) is 20.0 Å². The molecule has 2 aromatic carbocycles. The summed E-state index contributed by atoms with van der Waals surface area (Å²) >= 11 is 5.91. The first-order chi connectivity index (χ1) is 9.95. The number of carbonyl (C=O) groups excluding carboxylic acids is 1. The Bertz CT molecular complexity index is 636. The smallest absolute Gasteiger partial charge is 0.255 e. The summed E-state index contributed by atoms with van der Waals surface area (Å²) in [5, 5.41) is 3.23. The van der Waals surface area contributed by atoms with Gasteiger partial charge < -0.3 is 15.8 Å². The molecule has 2 rings (SSSR count). The van der Waals surface area contributed by atoms with Gasteiger partial charge in [-0.1, -0.05) is 23.7 Å². The maximum atomic E-state index is 12.3. The maximum absolute atomic E-state index is 12.3. The van der Waals surface area contributed by atoms with E-state index in [2.05, 4.69) is 5.32 Å². The van der Waals surface area contributed by atoms with Crippen LogP contribution in [0, 0.1) is 0 Å². The van der Waals surface area contributed by atoms with E-state index in [1.165, 1.54) is 0 Å². The number of hydrogen-bond acceptors (Lipinski definition) is 3. The topological polar surface area (TPSA) is 64.3 Å². The van der Waals surface area contributed by atoms with Gasteiger partial charge in [-0.2, -0.15) is 0 Å². The van der Waals surface area contributed by atoms with E-state index < -0.39 is 0 Å². The van der Waals surface area contributed by atoms with Gasteiger partial charge >= 0.3 is 0 Å². The number of nitrogen functional groups attached to an aromatic ring is 1. The molecule has 4 nitrogen and oxygen atoms in total. The van der Waals surface area contributed by atoms with Crippen LogP contribution in [-0.4, -0.2) is 12.0 Å². The van der Waals surface area contributed by atoms with Crippen molar-refractivity contribution in [2.24, 2.45) is 0 Å². The third-order valence-electron chi connectivity index (χ3n) is 2.68. The second-order valence-electron chi connectivity index (χ2n) is 4.89. The van der Waals surface area contributed by atoms with Gasteiger partial charge in [0.15, 0.2) is 0 Å².